The van der Waals surface area contributed by atoms with Gasteiger partial charge in [0.15, 0.2) is 0 Å². The molecule has 0 spiro atoms. The molecule has 0 aromatic carbocycles. The van der Waals surface area contributed by atoms with Crippen LogP contribution in [0.15, 0.2) is 11.6 Å². The number of allylic oxidation sites excluding steroid dienone is 2. The van der Waals surface area contributed by atoms with Crippen molar-refractivity contribution in [1.82, 2.24) is 0 Å². The predicted octanol–water partition coefficient (Wildman–Crippen LogP) is 4.58. The van der Waals surface area contributed by atoms with Gasteiger partial charge in [-0.05, 0) is 57.3 Å². The van der Waals surface area contributed by atoms with E-state index in [0.29, 0.717) is 18.8 Å². The predicted molar refractivity (Wildman–Crippen MR) is 59.4 cm³/mol. The molecule has 0 saturated heterocycles. The SMILES string of the molecule is FC(F)(F)OC1CCC(C2=CCCCC2)CC1. The van der Waals surface area contributed by atoms with E-state index in [1.54, 1.807) is 0 Å². The van der Waals surface area contributed by atoms with E-state index in [9.17, 15) is 13.2 Å². The average molecular weight is 248 g/mol. The molecular weight excluding hydrogens is 229 g/mol. The molecule has 0 aromatic heterocycles. The first-order valence-corrected chi connectivity index (χ1v) is 6.48. The molecule has 0 atom stereocenters. The minimum Gasteiger partial charge on any atom is -0.289 e. The van der Waals surface area contributed by atoms with Gasteiger partial charge in [-0.3, -0.25) is 4.74 Å². The van der Waals surface area contributed by atoms with Gasteiger partial charge in [0.05, 0.1) is 6.10 Å². The molecule has 98 valence electrons. The van der Waals surface area contributed by atoms with Crippen LogP contribution >= 0.6 is 0 Å². The molecule has 1 fully saturated rings. The molecule has 2 aliphatic carbocycles. The van der Waals surface area contributed by atoms with E-state index in [1.807, 2.05) is 0 Å². The summed E-state index contributed by atoms with van der Waals surface area (Å²) < 4.78 is 40.3. The summed E-state index contributed by atoms with van der Waals surface area (Å²) in [4.78, 5) is 0. The summed E-state index contributed by atoms with van der Waals surface area (Å²) in [7, 11) is 0. The molecule has 0 aromatic rings. The topological polar surface area (TPSA) is 9.23 Å². The van der Waals surface area contributed by atoms with Crippen LogP contribution in [0.5, 0.6) is 0 Å². The summed E-state index contributed by atoms with van der Waals surface area (Å²) in [6.45, 7) is 0. The van der Waals surface area contributed by atoms with E-state index in [4.69, 9.17) is 0 Å². The van der Waals surface area contributed by atoms with E-state index in [-0.39, 0.29) is 0 Å². The highest BCUT2D eigenvalue weighted by Crippen LogP contribution is 2.37. The molecule has 17 heavy (non-hydrogen) atoms. The summed E-state index contributed by atoms with van der Waals surface area (Å²) in [5.41, 5.74) is 1.49. The van der Waals surface area contributed by atoms with Gasteiger partial charge in [0.25, 0.3) is 0 Å². The number of hydrogen-bond donors (Lipinski definition) is 0. The van der Waals surface area contributed by atoms with Crippen LogP contribution < -0.4 is 0 Å². The summed E-state index contributed by atoms with van der Waals surface area (Å²) in [6, 6.07) is 0. The van der Waals surface area contributed by atoms with Crippen LogP contribution in [0.4, 0.5) is 13.2 Å². The van der Waals surface area contributed by atoms with Gasteiger partial charge in [0.2, 0.25) is 0 Å². The molecule has 0 unspecified atom stereocenters. The minimum absolute atomic E-state index is 0.517. The zero-order valence-electron chi connectivity index (χ0n) is 9.93. The third-order valence-electron chi connectivity index (χ3n) is 3.82. The lowest BCUT2D eigenvalue weighted by molar-refractivity contribution is -0.345. The highest BCUT2D eigenvalue weighted by molar-refractivity contribution is 5.10. The lowest BCUT2D eigenvalue weighted by Crippen LogP contribution is -2.28. The van der Waals surface area contributed by atoms with Crippen LogP contribution in [0, 0.1) is 5.92 Å². The molecule has 1 saturated carbocycles. The third-order valence-corrected chi connectivity index (χ3v) is 3.82. The fraction of sp³-hybridized carbons (Fsp3) is 0.846. The molecule has 0 bridgehead atoms. The van der Waals surface area contributed by atoms with Gasteiger partial charge in [0.1, 0.15) is 0 Å². The quantitative estimate of drug-likeness (QED) is 0.650. The molecule has 0 radical (unpaired) electrons. The van der Waals surface area contributed by atoms with Gasteiger partial charge < -0.3 is 0 Å². The second-order valence-corrected chi connectivity index (χ2v) is 5.06. The maximum Gasteiger partial charge on any atom is 0.522 e. The molecule has 4 heteroatoms. The maximum absolute atomic E-state index is 12.1. The molecular formula is C13H19F3O. The monoisotopic (exact) mass is 248 g/mol. The molecule has 0 amide bonds. The Labute approximate surface area is 100 Å². The van der Waals surface area contributed by atoms with Gasteiger partial charge in [0, 0.05) is 0 Å². The van der Waals surface area contributed by atoms with Gasteiger partial charge in [-0.1, -0.05) is 11.6 Å². The second kappa shape index (κ2) is 5.42. The largest absolute Gasteiger partial charge is 0.522 e. The Balaban J connectivity index is 1.79. The molecule has 1 nitrogen and oxygen atoms in total. The van der Waals surface area contributed by atoms with Crippen molar-refractivity contribution in [2.75, 3.05) is 0 Å². The fourth-order valence-electron chi connectivity index (χ4n) is 2.97. The zero-order valence-corrected chi connectivity index (χ0v) is 9.93. The van der Waals surface area contributed by atoms with E-state index in [2.05, 4.69) is 10.8 Å². The van der Waals surface area contributed by atoms with Crippen molar-refractivity contribution in [2.24, 2.45) is 5.92 Å². The van der Waals surface area contributed by atoms with Gasteiger partial charge in [-0.25, -0.2) is 0 Å². The van der Waals surface area contributed by atoms with E-state index < -0.39 is 12.5 Å². The lowest BCUT2D eigenvalue weighted by Gasteiger charge is -2.31. The van der Waals surface area contributed by atoms with Gasteiger partial charge in [-0.15, -0.1) is 13.2 Å². The van der Waals surface area contributed by atoms with Crippen molar-refractivity contribution in [1.29, 1.82) is 0 Å². The summed E-state index contributed by atoms with van der Waals surface area (Å²) in [6.07, 6.45) is 4.81. The van der Waals surface area contributed by atoms with Crippen molar-refractivity contribution < 1.29 is 17.9 Å². The van der Waals surface area contributed by atoms with Crippen LogP contribution in [-0.2, 0) is 4.74 Å². The summed E-state index contributed by atoms with van der Waals surface area (Å²) in [5.74, 6) is 0.517. The number of ether oxygens (including phenoxy) is 1. The smallest absolute Gasteiger partial charge is 0.289 e. The first-order chi connectivity index (χ1) is 8.04. The van der Waals surface area contributed by atoms with Gasteiger partial charge in [-0.2, -0.15) is 0 Å². The Morgan fingerprint density at radius 3 is 2.29 bits per heavy atom. The van der Waals surface area contributed by atoms with Crippen molar-refractivity contribution in [2.45, 2.75) is 63.8 Å². The average Bonchev–Trinajstić information content (AvgIpc) is 2.29. The second-order valence-electron chi connectivity index (χ2n) is 5.06. The standard InChI is InChI=1S/C13H19F3O/c14-13(15,16)17-12-8-6-11(7-9-12)10-4-2-1-3-5-10/h4,11-12H,1-3,5-9H2. The first-order valence-electron chi connectivity index (χ1n) is 6.48. The molecule has 0 N–H and O–H groups in total. The van der Waals surface area contributed by atoms with Crippen molar-refractivity contribution in [3.05, 3.63) is 11.6 Å². The summed E-state index contributed by atoms with van der Waals surface area (Å²) in [5, 5.41) is 0. The van der Waals surface area contributed by atoms with Crippen LogP contribution in [0.25, 0.3) is 0 Å². The number of rotatable bonds is 2. The van der Waals surface area contributed by atoms with Crippen molar-refractivity contribution >= 4 is 0 Å². The Morgan fingerprint density at radius 2 is 1.76 bits per heavy atom. The number of alkyl halides is 3. The molecule has 2 rings (SSSR count). The third kappa shape index (κ3) is 4.02. The number of hydrogen-bond acceptors (Lipinski definition) is 1. The highest BCUT2D eigenvalue weighted by Gasteiger charge is 2.35. The zero-order chi connectivity index (χ0) is 12.3. The minimum atomic E-state index is -4.47. The van der Waals surface area contributed by atoms with Crippen LogP contribution in [0.1, 0.15) is 51.4 Å². The maximum atomic E-state index is 12.1. The van der Waals surface area contributed by atoms with Crippen molar-refractivity contribution in [3.63, 3.8) is 0 Å². The number of halogens is 3. The Morgan fingerprint density at radius 1 is 1.06 bits per heavy atom. The first kappa shape index (κ1) is 12.9. The van der Waals surface area contributed by atoms with Gasteiger partial charge >= 0.3 is 6.36 Å². The Hall–Kier alpha value is -0.510. The molecule has 2 aliphatic rings. The van der Waals surface area contributed by atoms with Crippen LogP contribution in [-0.4, -0.2) is 12.5 Å². The van der Waals surface area contributed by atoms with E-state index in [0.717, 1.165) is 25.7 Å². The molecule has 0 heterocycles. The fourth-order valence-corrected chi connectivity index (χ4v) is 2.97. The Kier molecular flexibility index (Phi) is 4.13. The van der Waals surface area contributed by atoms with Crippen LogP contribution in [0.2, 0.25) is 0 Å². The normalized spacial score (nSPS) is 31.1. The van der Waals surface area contributed by atoms with E-state index >= 15 is 0 Å². The highest BCUT2D eigenvalue weighted by atomic mass is 19.4. The summed E-state index contributed by atoms with van der Waals surface area (Å²) >= 11 is 0. The van der Waals surface area contributed by atoms with Crippen LogP contribution in [0.3, 0.4) is 0 Å². The molecule has 0 aliphatic heterocycles. The lowest BCUT2D eigenvalue weighted by atomic mass is 9.79. The van der Waals surface area contributed by atoms with E-state index in [1.165, 1.54) is 18.4 Å². The van der Waals surface area contributed by atoms with Crippen molar-refractivity contribution in [3.8, 4) is 0 Å². The Bertz CT molecular complexity index is 275.